The van der Waals surface area contributed by atoms with Gasteiger partial charge in [0.25, 0.3) is 5.91 Å². The number of nitrogens with zero attached hydrogens (tertiary/aromatic N) is 2. The fourth-order valence-electron chi connectivity index (χ4n) is 4.45. The van der Waals surface area contributed by atoms with Gasteiger partial charge < -0.3 is 14.8 Å². The molecule has 3 atom stereocenters. The highest BCUT2D eigenvalue weighted by Crippen LogP contribution is 2.26. The van der Waals surface area contributed by atoms with E-state index in [1.54, 1.807) is 26.2 Å². The minimum Gasteiger partial charge on any atom is -0.460 e. The first-order chi connectivity index (χ1) is 19.5. The molecule has 1 aromatic rings. The highest BCUT2D eigenvalue weighted by Gasteiger charge is 2.45. The first-order valence-electron chi connectivity index (χ1n) is 13.0. The Bertz CT molecular complexity index is 1360. The summed E-state index contributed by atoms with van der Waals surface area (Å²) in [7, 11) is -3.83. The smallest absolute Gasteiger partial charge is 0.350 e. The van der Waals surface area contributed by atoms with Crippen molar-refractivity contribution in [2.45, 2.75) is 76.6 Å². The Morgan fingerprint density at radius 2 is 1.88 bits per heavy atom. The molecule has 2 aliphatic rings. The standard InChI is InChI=1S/C25H33ClN4O10S2/c1-25(2,3)40-20(33)12-16(18(31)13-39-24(36)21-14(26)9-11-41-21)27-22(34)17-6-5-10-29-19(32)8-7-15(23(35)30(17)29)28-42(4,37)38/h9,11,15-17,28H,5-8,10,12-13H2,1-4H3,(H,27,34). The first kappa shape index (κ1) is 33.4. The summed E-state index contributed by atoms with van der Waals surface area (Å²) >= 11 is 6.95. The Morgan fingerprint density at radius 3 is 2.48 bits per heavy atom. The van der Waals surface area contributed by atoms with Gasteiger partial charge in [-0.3, -0.25) is 29.0 Å². The van der Waals surface area contributed by atoms with E-state index in [0.717, 1.165) is 27.6 Å². The van der Waals surface area contributed by atoms with E-state index in [2.05, 4.69) is 10.0 Å². The van der Waals surface area contributed by atoms with Crippen LogP contribution in [0.25, 0.3) is 0 Å². The molecule has 2 fully saturated rings. The van der Waals surface area contributed by atoms with Gasteiger partial charge in [0, 0.05) is 13.0 Å². The van der Waals surface area contributed by atoms with Gasteiger partial charge in [-0.25, -0.2) is 22.9 Å². The van der Waals surface area contributed by atoms with E-state index in [1.165, 1.54) is 6.07 Å². The van der Waals surface area contributed by atoms with Gasteiger partial charge >= 0.3 is 11.9 Å². The molecule has 17 heteroatoms. The number of esters is 2. The fourth-order valence-corrected chi connectivity index (χ4v) is 6.21. The zero-order valence-corrected chi connectivity index (χ0v) is 25.9. The summed E-state index contributed by atoms with van der Waals surface area (Å²) in [5.74, 6) is -4.67. The molecule has 3 unspecified atom stereocenters. The molecule has 42 heavy (non-hydrogen) atoms. The molecule has 3 amide bonds. The van der Waals surface area contributed by atoms with Crippen LogP contribution in [0.3, 0.4) is 0 Å². The van der Waals surface area contributed by atoms with E-state index in [0.29, 0.717) is 6.42 Å². The average Bonchev–Trinajstić information content (AvgIpc) is 3.27. The SMILES string of the molecule is CC(C)(C)OC(=O)CC(NC(=O)C1CCCN2C(=O)CCC(NS(C)(=O)=O)C(=O)N12)C(=O)COC(=O)c1sccc1Cl. The largest absolute Gasteiger partial charge is 0.460 e. The van der Waals surface area contributed by atoms with E-state index in [4.69, 9.17) is 21.1 Å². The number of carbonyl (C=O) groups is 6. The number of hydrazine groups is 1. The molecule has 14 nitrogen and oxygen atoms in total. The molecule has 2 N–H and O–H groups in total. The van der Waals surface area contributed by atoms with Crippen LogP contribution in [-0.4, -0.2) is 97.0 Å². The van der Waals surface area contributed by atoms with Crippen LogP contribution in [-0.2, 0) is 43.5 Å². The quantitative estimate of drug-likeness (QED) is 0.344. The van der Waals surface area contributed by atoms with Crippen molar-refractivity contribution in [1.29, 1.82) is 0 Å². The van der Waals surface area contributed by atoms with Gasteiger partial charge in [0.1, 0.15) is 28.6 Å². The molecule has 0 radical (unpaired) electrons. The minimum atomic E-state index is -3.83. The third-order valence-corrected chi connectivity index (χ3v) is 8.20. The van der Waals surface area contributed by atoms with Crippen LogP contribution in [0.15, 0.2) is 11.4 Å². The molecule has 2 saturated heterocycles. The molecule has 0 saturated carbocycles. The van der Waals surface area contributed by atoms with Gasteiger partial charge in [0.2, 0.25) is 21.8 Å². The maximum atomic E-state index is 13.6. The van der Waals surface area contributed by atoms with E-state index in [1.807, 2.05) is 0 Å². The lowest BCUT2D eigenvalue weighted by atomic mass is 10.0. The summed E-state index contributed by atoms with van der Waals surface area (Å²) in [6.45, 7) is 4.17. The van der Waals surface area contributed by atoms with Crippen LogP contribution in [0.4, 0.5) is 0 Å². The second-order valence-corrected chi connectivity index (χ2v) is 13.9. The summed E-state index contributed by atoms with van der Waals surface area (Å²) in [6.07, 6.45) is 0.445. The predicted molar refractivity (Wildman–Crippen MR) is 150 cm³/mol. The van der Waals surface area contributed by atoms with E-state index < -0.39 is 82.2 Å². The third-order valence-electron chi connectivity index (χ3n) is 6.16. The maximum absolute atomic E-state index is 13.6. The van der Waals surface area contributed by atoms with Crippen molar-refractivity contribution in [3.8, 4) is 0 Å². The lowest BCUT2D eigenvalue weighted by molar-refractivity contribution is -0.176. The van der Waals surface area contributed by atoms with Crippen LogP contribution in [0.1, 0.15) is 62.5 Å². The van der Waals surface area contributed by atoms with Crippen LogP contribution >= 0.6 is 22.9 Å². The van der Waals surface area contributed by atoms with Crippen molar-refractivity contribution < 1.29 is 46.7 Å². The summed E-state index contributed by atoms with van der Waals surface area (Å²) in [6, 6.07) is -2.62. The summed E-state index contributed by atoms with van der Waals surface area (Å²) < 4.78 is 36.3. The van der Waals surface area contributed by atoms with Crippen LogP contribution < -0.4 is 10.0 Å². The number of rotatable bonds is 10. The lowest BCUT2D eigenvalue weighted by Gasteiger charge is -2.43. The molecule has 0 aromatic carbocycles. The predicted octanol–water partition coefficient (Wildman–Crippen LogP) is 0.790. The molecule has 3 heterocycles. The number of carbonyl (C=O) groups excluding carboxylic acids is 6. The molecule has 3 rings (SSSR count). The maximum Gasteiger partial charge on any atom is 0.350 e. The second kappa shape index (κ2) is 13.5. The first-order valence-corrected chi connectivity index (χ1v) is 16.2. The van der Waals surface area contributed by atoms with Crippen molar-refractivity contribution in [1.82, 2.24) is 20.1 Å². The van der Waals surface area contributed by atoms with Gasteiger partial charge in [-0.05, 0) is 51.5 Å². The van der Waals surface area contributed by atoms with Crippen molar-refractivity contribution >= 4 is 68.4 Å². The number of ketones is 1. The second-order valence-electron chi connectivity index (χ2n) is 10.8. The number of thiophene rings is 1. The van der Waals surface area contributed by atoms with E-state index in [-0.39, 0.29) is 35.7 Å². The topological polar surface area (TPSA) is 186 Å². The number of halogens is 1. The Balaban J connectivity index is 1.82. The number of hydrogen-bond donors (Lipinski definition) is 2. The van der Waals surface area contributed by atoms with Crippen molar-refractivity contribution in [3.05, 3.63) is 21.3 Å². The van der Waals surface area contributed by atoms with E-state index in [9.17, 15) is 37.2 Å². The Hall–Kier alpha value is -3.08. The van der Waals surface area contributed by atoms with Crippen molar-refractivity contribution in [3.63, 3.8) is 0 Å². The minimum absolute atomic E-state index is 0.0705. The zero-order valence-electron chi connectivity index (χ0n) is 23.5. The number of fused-ring (bicyclic) bond motifs is 1. The van der Waals surface area contributed by atoms with E-state index >= 15 is 0 Å². The van der Waals surface area contributed by atoms with Gasteiger partial charge in [0.05, 0.1) is 17.7 Å². The van der Waals surface area contributed by atoms with Crippen molar-refractivity contribution in [2.24, 2.45) is 0 Å². The fraction of sp³-hybridized carbons (Fsp3) is 0.600. The van der Waals surface area contributed by atoms with Crippen LogP contribution in [0.5, 0.6) is 0 Å². The van der Waals surface area contributed by atoms with Gasteiger partial charge in [-0.1, -0.05) is 11.6 Å². The molecule has 0 spiro atoms. The number of sulfonamides is 1. The summed E-state index contributed by atoms with van der Waals surface area (Å²) in [5, 5.41) is 6.18. The average molecular weight is 649 g/mol. The van der Waals surface area contributed by atoms with Crippen molar-refractivity contribution in [2.75, 3.05) is 19.4 Å². The monoisotopic (exact) mass is 648 g/mol. The Morgan fingerprint density at radius 1 is 1.19 bits per heavy atom. The van der Waals surface area contributed by atoms with Crippen LogP contribution in [0.2, 0.25) is 5.02 Å². The molecule has 0 aliphatic carbocycles. The number of hydrogen-bond acceptors (Lipinski definition) is 11. The normalized spacial score (nSPS) is 20.3. The Kier molecular flexibility index (Phi) is 10.7. The molecule has 1 aromatic heterocycles. The van der Waals surface area contributed by atoms with Crippen LogP contribution in [0, 0.1) is 0 Å². The number of ether oxygens (including phenoxy) is 2. The highest BCUT2D eigenvalue weighted by molar-refractivity contribution is 7.88. The third kappa shape index (κ3) is 8.96. The van der Waals surface area contributed by atoms with Gasteiger partial charge in [-0.15, -0.1) is 11.3 Å². The highest BCUT2D eigenvalue weighted by atomic mass is 35.5. The molecule has 2 aliphatic heterocycles. The molecular formula is C25H33ClN4O10S2. The van der Waals surface area contributed by atoms with Gasteiger partial charge in [-0.2, -0.15) is 0 Å². The number of Topliss-reactive ketones (excluding diaryl/α,β-unsaturated/α-hetero) is 1. The molecule has 0 bridgehead atoms. The lowest BCUT2D eigenvalue weighted by Crippen LogP contribution is -2.64. The van der Waals surface area contributed by atoms with Gasteiger partial charge in [0.15, 0.2) is 12.4 Å². The Labute approximate surface area is 252 Å². The summed E-state index contributed by atoms with van der Waals surface area (Å²) in [4.78, 5) is 77.9. The number of nitrogens with one attached hydrogen (secondary N) is 2. The molecule has 232 valence electrons. The number of amides is 3. The zero-order chi connectivity index (χ0) is 31.4. The summed E-state index contributed by atoms with van der Waals surface area (Å²) in [5.41, 5.74) is -0.901. The molecular weight excluding hydrogens is 616 g/mol.